The van der Waals surface area contributed by atoms with Crippen molar-refractivity contribution in [3.05, 3.63) is 12.2 Å². The normalized spacial score (nSPS) is 11.8. The lowest BCUT2D eigenvalue weighted by atomic mass is 10.1. The van der Waals surface area contributed by atoms with Gasteiger partial charge in [0.25, 0.3) is 0 Å². The zero-order chi connectivity index (χ0) is 31.9. The molecule has 0 radical (unpaired) electrons. The summed E-state index contributed by atoms with van der Waals surface area (Å²) in [6, 6.07) is 0. The molecule has 7 nitrogen and oxygen atoms in total. The van der Waals surface area contributed by atoms with Crippen LogP contribution in [0.3, 0.4) is 0 Å². The fourth-order valence-corrected chi connectivity index (χ4v) is 6.06. The highest BCUT2D eigenvalue weighted by Gasteiger charge is 2.26. The van der Waals surface area contributed by atoms with Gasteiger partial charge in [-0.3, -0.25) is 9.59 Å². The van der Waals surface area contributed by atoms with E-state index < -0.39 is 17.9 Å². The third-order valence-electron chi connectivity index (χ3n) is 8.70. The van der Waals surface area contributed by atoms with Gasteiger partial charge in [0.15, 0.2) is 0 Å². The van der Waals surface area contributed by atoms with Crippen LogP contribution in [0.15, 0.2) is 12.2 Å². The predicted molar refractivity (Wildman–Crippen MR) is 175 cm³/mol. The lowest BCUT2D eigenvalue weighted by molar-refractivity contribution is -0.929. The standard InChI is InChI=1S/C36H67NO6/c1-2-3-4-5-6-7-8-9-10-11-12-13-14-15-16-17-18-19-23-30-37(31-24-20-27-34(38)39,32-25-21-28-35(40)41)33-26-22-29-36(42)43/h11-12H,2-10,13-33H2,1H3,(H2-,38,39,40,41,42,43)/b12-11+. The monoisotopic (exact) mass is 609 g/mol. The molecule has 0 saturated heterocycles. The Bertz CT molecular complexity index is 653. The number of quaternary nitrogens is 1. The molecule has 0 heterocycles. The summed E-state index contributed by atoms with van der Waals surface area (Å²) in [5.74, 6) is -2.57. The molecule has 0 saturated carbocycles. The largest absolute Gasteiger partial charge is 0.550 e. The fourth-order valence-electron chi connectivity index (χ4n) is 6.06. The molecule has 0 spiro atoms. The van der Waals surface area contributed by atoms with Crippen LogP contribution in [0.2, 0.25) is 0 Å². The summed E-state index contributed by atoms with van der Waals surface area (Å²) in [6.07, 6.45) is 31.4. The summed E-state index contributed by atoms with van der Waals surface area (Å²) < 4.78 is 0.845. The Kier molecular flexibility index (Phi) is 28.8. The summed E-state index contributed by atoms with van der Waals surface area (Å²) in [4.78, 5) is 32.9. The van der Waals surface area contributed by atoms with Crippen LogP contribution in [-0.2, 0) is 14.4 Å². The number of carboxylic acids is 3. The van der Waals surface area contributed by atoms with Crippen LogP contribution in [0, 0.1) is 0 Å². The molecule has 0 rings (SSSR count). The summed E-state index contributed by atoms with van der Waals surface area (Å²) in [5.41, 5.74) is 0. The van der Waals surface area contributed by atoms with Gasteiger partial charge in [-0.25, -0.2) is 0 Å². The first-order chi connectivity index (χ1) is 20.8. The third-order valence-corrected chi connectivity index (χ3v) is 8.70. The molecule has 0 amide bonds. The van der Waals surface area contributed by atoms with Crippen molar-refractivity contribution in [2.24, 2.45) is 0 Å². The average molecular weight is 610 g/mol. The van der Waals surface area contributed by atoms with Crippen molar-refractivity contribution in [2.75, 3.05) is 26.2 Å². The highest BCUT2D eigenvalue weighted by molar-refractivity contribution is 5.66. The topological polar surface area (TPSA) is 115 Å². The van der Waals surface area contributed by atoms with Crippen LogP contribution in [0.5, 0.6) is 0 Å². The summed E-state index contributed by atoms with van der Waals surface area (Å²) >= 11 is 0. The maximum absolute atomic E-state index is 11.0. The lowest BCUT2D eigenvalue weighted by Gasteiger charge is -2.39. The Hall–Kier alpha value is -1.89. The van der Waals surface area contributed by atoms with Gasteiger partial charge in [0.2, 0.25) is 0 Å². The summed E-state index contributed by atoms with van der Waals surface area (Å²) in [7, 11) is 0. The van der Waals surface area contributed by atoms with Crippen LogP contribution in [-0.4, -0.2) is 58.8 Å². The molecule has 0 aromatic heterocycles. The Morgan fingerprint density at radius 3 is 1.19 bits per heavy atom. The molecule has 2 N–H and O–H groups in total. The maximum Gasteiger partial charge on any atom is 0.303 e. The maximum atomic E-state index is 11.0. The highest BCUT2D eigenvalue weighted by Crippen LogP contribution is 2.20. The number of carbonyl (C=O) groups excluding carboxylic acids is 1. The zero-order valence-electron chi connectivity index (χ0n) is 27.8. The van der Waals surface area contributed by atoms with E-state index in [-0.39, 0.29) is 19.3 Å². The average Bonchev–Trinajstić information content (AvgIpc) is 2.96. The van der Waals surface area contributed by atoms with Crippen LogP contribution < -0.4 is 5.11 Å². The number of aliphatic carboxylic acids is 3. The molecule has 0 aliphatic rings. The molecular formula is C36H67NO6. The number of unbranched alkanes of at least 4 members (excludes halogenated alkanes) is 18. The molecule has 0 fully saturated rings. The number of rotatable bonds is 34. The molecule has 0 aliphatic carbocycles. The Labute approximate surface area is 264 Å². The van der Waals surface area contributed by atoms with E-state index in [1.807, 2.05) is 0 Å². The van der Waals surface area contributed by atoms with E-state index in [1.54, 1.807) is 0 Å². The van der Waals surface area contributed by atoms with E-state index in [0.717, 1.165) is 56.3 Å². The number of hydrogen-bond donors (Lipinski definition) is 2. The molecule has 252 valence electrons. The second-order valence-corrected chi connectivity index (χ2v) is 12.8. The number of nitrogens with zero attached hydrogens (tertiary/aromatic N) is 1. The molecule has 7 heteroatoms. The number of allylic oxidation sites excluding steroid dienone is 2. The van der Waals surface area contributed by atoms with Gasteiger partial charge in [-0.2, -0.15) is 0 Å². The Morgan fingerprint density at radius 2 is 0.814 bits per heavy atom. The van der Waals surface area contributed by atoms with Crippen molar-refractivity contribution < 1.29 is 34.2 Å². The van der Waals surface area contributed by atoms with E-state index in [2.05, 4.69) is 19.1 Å². The number of carboxylic acid groups (broad SMARTS) is 3. The fraction of sp³-hybridized carbons (Fsp3) is 0.861. The van der Waals surface area contributed by atoms with Crippen LogP contribution in [0.25, 0.3) is 0 Å². The van der Waals surface area contributed by atoms with Gasteiger partial charge in [-0.1, -0.05) is 89.7 Å². The van der Waals surface area contributed by atoms with Crippen LogP contribution >= 0.6 is 0 Å². The van der Waals surface area contributed by atoms with Gasteiger partial charge in [-0.05, 0) is 83.5 Å². The Morgan fingerprint density at radius 1 is 0.488 bits per heavy atom. The second-order valence-electron chi connectivity index (χ2n) is 12.8. The number of carbonyl (C=O) groups is 3. The van der Waals surface area contributed by atoms with Crippen molar-refractivity contribution >= 4 is 17.9 Å². The third kappa shape index (κ3) is 29.9. The van der Waals surface area contributed by atoms with E-state index in [1.165, 1.54) is 103 Å². The molecular weight excluding hydrogens is 542 g/mol. The molecule has 0 unspecified atom stereocenters. The van der Waals surface area contributed by atoms with Crippen LogP contribution in [0.1, 0.15) is 174 Å². The van der Waals surface area contributed by atoms with Crippen molar-refractivity contribution in [1.29, 1.82) is 0 Å². The van der Waals surface area contributed by atoms with Gasteiger partial charge in [0, 0.05) is 18.8 Å². The lowest BCUT2D eigenvalue weighted by Crippen LogP contribution is -2.51. The van der Waals surface area contributed by atoms with Crippen molar-refractivity contribution in [3.8, 4) is 0 Å². The summed E-state index contributed by atoms with van der Waals surface area (Å²) in [6.45, 7) is 5.87. The SMILES string of the molecule is CCCCCCCCCC/C=C/CCCCCCCCC[N+](CCCCC(=O)[O-])(CCCCC(=O)O)CCCCC(=O)O. The first-order valence-corrected chi connectivity index (χ1v) is 17.9. The van der Waals surface area contributed by atoms with Gasteiger partial charge >= 0.3 is 11.9 Å². The van der Waals surface area contributed by atoms with E-state index in [9.17, 15) is 19.5 Å². The van der Waals surface area contributed by atoms with E-state index in [0.29, 0.717) is 19.3 Å². The second kappa shape index (κ2) is 30.1. The van der Waals surface area contributed by atoms with Gasteiger partial charge < -0.3 is 24.6 Å². The summed E-state index contributed by atoms with van der Waals surface area (Å²) in [5, 5.41) is 29.0. The molecule has 0 aromatic carbocycles. The van der Waals surface area contributed by atoms with E-state index >= 15 is 0 Å². The minimum atomic E-state index is -1.02. The molecule has 0 atom stereocenters. The molecule has 0 aliphatic heterocycles. The predicted octanol–water partition coefficient (Wildman–Crippen LogP) is 8.44. The minimum Gasteiger partial charge on any atom is -0.550 e. The minimum absolute atomic E-state index is 0.0626. The molecule has 43 heavy (non-hydrogen) atoms. The van der Waals surface area contributed by atoms with Gasteiger partial charge in [-0.15, -0.1) is 0 Å². The van der Waals surface area contributed by atoms with E-state index in [4.69, 9.17) is 10.2 Å². The van der Waals surface area contributed by atoms with Crippen molar-refractivity contribution in [3.63, 3.8) is 0 Å². The van der Waals surface area contributed by atoms with Crippen LogP contribution in [0.4, 0.5) is 0 Å². The van der Waals surface area contributed by atoms with Crippen molar-refractivity contribution in [1.82, 2.24) is 0 Å². The highest BCUT2D eigenvalue weighted by atomic mass is 16.4. The van der Waals surface area contributed by atoms with Gasteiger partial charge in [0.1, 0.15) is 0 Å². The molecule has 0 aromatic rings. The molecule has 0 bridgehead atoms. The first kappa shape index (κ1) is 41.1. The van der Waals surface area contributed by atoms with Gasteiger partial charge in [0.05, 0.1) is 26.2 Å². The smallest absolute Gasteiger partial charge is 0.303 e. The first-order valence-electron chi connectivity index (χ1n) is 17.9. The Balaban J connectivity index is 4.31. The number of hydrogen-bond acceptors (Lipinski definition) is 4. The zero-order valence-corrected chi connectivity index (χ0v) is 27.8. The van der Waals surface area contributed by atoms with Crippen molar-refractivity contribution in [2.45, 2.75) is 174 Å². The quantitative estimate of drug-likeness (QED) is 0.0430.